The van der Waals surface area contributed by atoms with Crippen LogP contribution in [0.2, 0.25) is 0 Å². The first-order valence-electron chi connectivity index (χ1n) is 6.58. The fourth-order valence-corrected chi connectivity index (χ4v) is 2.41. The number of rotatable bonds is 5. The molecule has 2 heterocycles. The van der Waals surface area contributed by atoms with Crippen molar-refractivity contribution in [3.8, 4) is 5.75 Å². The highest BCUT2D eigenvalue weighted by Crippen LogP contribution is 2.23. The highest BCUT2D eigenvalue weighted by atomic mass is 16.5. The molecule has 0 aliphatic carbocycles. The van der Waals surface area contributed by atoms with Gasteiger partial charge in [-0.3, -0.25) is 4.79 Å². The van der Waals surface area contributed by atoms with E-state index in [0.717, 1.165) is 38.3 Å². The molecule has 1 aromatic heterocycles. The zero-order valence-electron chi connectivity index (χ0n) is 11.2. The summed E-state index contributed by atoms with van der Waals surface area (Å²) in [5.74, 6) is 1.65. The average Bonchev–Trinajstić information content (AvgIpc) is 2.45. The van der Waals surface area contributed by atoms with Gasteiger partial charge in [-0.2, -0.15) is 0 Å². The molecule has 0 unspecified atom stereocenters. The van der Waals surface area contributed by atoms with Crippen molar-refractivity contribution in [3.05, 3.63) is 12.4 Å². The van der Waals surface area contributed by atoms with Crippen LogP contribution in [-0.2, 0) is 4.79 Å². The summed E-state index contributed by atoms with van der Waals surface area (Å²) in [6, 6.07) is 0. The van der Waals surface area contributed by atoms with Gasteiger partial charge in [-0.05, 0) is 25.2 Å². The predicted octanol–water partition coefficient (Wildman–Crippen LogP) is 0.967. The van der Waals surface area contributed by atoms with Crippen molar-refractivity contribution >= 4 is 11.9 Å². The maximum absolute atomic E-state index is 10.8. The number of methoxy groups -OCH3 is 1. The van der Waals surface area contributed by atoms with Crippen LogP contribution in [0.25, 0.3) is 0 Å². The van der Waals surface area contributed by atoms with Gasteiger partial charge < -0.3 is 15.4 Å². The van der Waals surface area contributed by atoms with Gasteiger partial charge in [-0.15, -0.1) is 0 Å². The number of amides is 1. The third kappa shape index (κ3) is 3.81. The lowest BCUT2D eigenvalue weighted by Gasteiger charge is -2.32. The molecule has 1 fully saturated rings. The third-order valence-electron chi connectivity index (χ3n) is 3.45. The molecule has 2 rings (SSSR count). The van der Waals surface area contributed by atoms with Gasteiger partial charge in [0.05, 0.1) is 19.5 Å². The number of piperidine rings is 1. The molecule has 0 saturated carbocycles. The second kappa shape index (κ2) is 6.36. The Morgan fingerprint density at radius 2 is 2.26 bits per heavy atom. The van der Waals surface area contributed by atoms with Gasteiger partial charge in [0.1, 0.15) is 0 Å². The van der Waals surface area contributed by atoms with Crippen LogP contribution in [0.4, 0.5) is 5.95 Å². The van der Waals surface area contributed by atoms with E-state index in [1.165, 1.54) is 0 Å². The molecule has 1 aliphatic rings. The van der Waals surface area contributed by atoms with E-state index in [9.17, 15) is 4.79 Å². The molecule has 1 aliphatic heterocycles. The first kappa shape index (κ1) is 13.6. The predicted molar refractivity (Wildman–Crippen MR) is 71.9 cm³/mol. The fraction of sp³-hybridized carbons (Fsp3) is 0.615. The molecular weight excluding hydrogens is 244 g/mol. The Kier molecular flexibility index (Phi) is 4.54. The third-order valence-corrected chi connectivity index (χ3v) is 3.45. The number of nitrogens with zero attached hydrogens (tertiary/aromatic N) is 3. The van der Waals surface area contributed by atoms with Crippen LogP contribution in [0.3, 0.4) is 0 Å². The fourth-order valence-electron chi connectivity index (χ4n) is 2.41. The summed E-state index contributed by atoms with van der Waals surface area (Å²) in [5, 5.41) is 0. The Balaban J connectivity index is 1.94. The topological polar surface area (TPSA) is 81.3 Å². The van der Waals surface area contributed by atoms with E-state index >= 15 is 0 Å². The summed E-state index contributed by atoms with van der Waals surface area (Å²) in [4.78, 5) is 21.6. The zero-order valence-corrected chi connectivity index (χ0v) is 11.2. The minimum Gasteiger partial charge on any atom is -0.494 e. The maximum Gasteiger partial charge on any atom is 0.225 e. The second-order valence-electron chi connectivity index (χ2n) is 4.88. The quantitative estimate of drug-likeness (QED) is 0.857. The molecule has 104 valence electrons. The number of carbonyl (C=O) groups excluding carboxylic acids is 1. The molecule has 19 heavy (non-hydrogen) atoms. The summed E-state index contributed by atoms with van der Waals surface area (Å²) in [5.41, 5.74) is 5.20. The van der Waals surface area contributed by atoms with Gasteiger partial charge in [0, 0.05) is 19.5 Å². The normalized spacial score (nSPS) is 19.2. The van der Waals surface area contributed by atoms with Crippen molar-refractivity contribution in [2.45, 2.75) is 25.7 Å². The molecule has 0 radical (unpaired) electrons. The van der Waals surface area contributed by atoms with E-state index in [1.54, 1.807) is 19.5 Å². The van der Waals surface area contributed by atoms with Crippen LogP contribution in [0.15, 0.2) is 12.4 Å². The number of hydrogen-bond donors (Lipinski definition) is 1. The Bertz CT molecular complexity index is 421. The molecule has 6 heteroatoms. The monoisotopic (exact) mass is 264 g/mol. The standard InChI is InChI=1S/C13H20N4O2/c1-19-11-7-15-13(16-8-11)17-6-2-3-10(9-17)4-5-12(14)18/h7-8,10H,2-6,9H2,1H3,(H2,14,18)/t10-/m0/s1. The van der Waals surface area contributed by atoms with Crippen molar-refractivity contribution in [1.82, 2.24) is 9.97 Å². The number of primary amides is 1. The van der Waals surface area contributed by atoms with Gasteiger partial charge in [-0.25, -0.2) is 9.97 Å². The lowest BCUT2D eigenvalue weighted by molar-refractivity contribution is -0.118. The number of nitrogens with two attached hydrogens (primary N) is 1. The highest BCUT2D eigenvalue weighted by molar-refractivity contribution is 5.73. The summed E-state index contributed by atoms with van der Waals surface area (Å²) >= 11 is 0. The SMILES string of the molecule is COc1cnc(N2CCC[C@@H](CCC(N)=O)C2)nc1. The summed E-state index contributed by atoms with van der Waals surface area (Å²) < 4.78 is 5.05. The maximum atomic E-state index is 10.8. The number of aromatic nitrogens is 2. The first-order valence-corrected chi connectivity index (χ1v) is 6.58. The molecule has 2 N–H and O–H groups in total. The second-order valence-corrected chi connectivity index (χ2v) is 4.88. The Labute approximate surface area is 113 Å². The summed E-state index contributed by atoms with van der Waals surface area (Å²) in [6.07, 6.45) is 6.90. The summed E-state index contributed by atoms with van der Waals surface area (Å²) in [6.45, 7) is 1.85. The highest BCUT2D eigenvalue weighted by Gasteiger charge is 2.21. The average molecular weight is 264 g/mol. The van der Waals surface area contributed by atoms with Crippen molar-refractivity contribution in [3.63, 3.8) is 0 Å². The minimum atomic E-state index is -0.224. The number of ether oxygens (including phenoxy) is 1. The van der Waals surface area contributed by atoms with Crippen molar-refractivity contribution in [2.24, 2.45) is 11.7 Å². The van der Waals surface area contributed by atoms with Crippen LogP contribution < -0.4 is 15.4 Å². The number of carbonyl (C=O) groups is 1. The van der Waals surface area contributed by atoms with Gasteiger partial charge >= 0.3 is 0 Å². The zero-order chi connectivity index (χ0) is 13.7. The van der Waals surface area contributed by atoms with Crippen LogP contribution in [0.1, 0.15) is 25.7 Å². The van der Waals surface area contributed by atoms with Crippen LogP contribution >= 0.6 is 0 Å². The smallest absolute Gasteiger partial charge is 0.225 e. The van der Waals surface area contributed by atoms with Crippen LogP contribution in [-0.4, -0.2) is 36.1 Å². The van der Waals surface area contributed by atoms with E-state index in [-0.39, 0.29) is 5.91 Å². The van der Waals surface area contributed by atoms with E-state index in [4.69, 9.17) is 10.5 Å². The van der Waals surface area contributed by atoms with Crippen molar-refractivity contribution in [2.75, 3.05) is 25.1 Å². The number of hydrogen-bond acceptors (Lipinski definition) is 5. The van der Waals surface area contributed by atoms with E-state index in [1.807, 2.05) is 0 Å². The van der Waals surface area contributed by atoms with Gasteiger partial charge in [0.15, 0.2) is 5.75 Å². The first-order chi connectivity index (χ1) is 9.19. The Hall–Kier alpha value is -1.85. The molecule has 1 saturated heterocycles. The van der Waals surface area contributed by atoms with E-state index < -0.39 is 0 Å². The Morgan fingerprint density at radius 1 is 1.53 bits per heavy atom. The molecular formula is C13H20N4O2. The lowest BCUT2D eigenvalue weighted by atomic mass is 9.93. The molecule has 0 spiro atoms. The minimum absolute atomic E-state index is 0.224. The lowest BCUT2D eigenvalue weighted by Crippen LogP contribution is -2.36. The summed E-state index contributed by atoms with van der Waals surface area (Å²) in [7, 11) is 1.60. The van der Waals surface area contributed by atoms with E-state index in [0.29, 0.717) is 18.1 Å². The molecule has 1 aromatic rings. The molecule has 1 atom stereocenters. The largest absolute Gasteiger partial charge is 0.494 e. The van der Waals surface area contributed by atoms with Crippen molar-refractivity contribution in [1.29, 1.82) is 0 Å². The molecule has 1 amide bonds. The molecule has 0 bridgehead atoms. The molecule has 6 nitrogen and oxygen atoms in total. The van der Waals surface area contributed by atoms with Crippen LogP contribution in [0.5, 0.6) is 5.75 Å². The molecule has 0 aromatic carbocycles. The van der Waals surface area contributed by atoms with Gasteiger partial charge in [0.2, 0.25) is 11.9 Å². The van der Waals surface area contributed by atoms with Crippen LogP contribution in [0, 0.1) is 5.92 Å². The van der Waals surface area contributed by atoms with Crippen molar-refractivity contribution < 1.29 is 9.53 Å². The number of anilines is 1. The Morgan fingerprint density at radius 3 is 2.89 bits per heavy atom. The van der Waals surface area contributed by atoms with Gasteiger partial charge in [-0.1, -0.05) is 0 Å². The van der Waals surface area contributed by atoms with Gasteiger partial charge in [0.25, 0.3) is 0 Å². The van der Waals surface area contributed by atoms with E-state index in [2.05, 4.69) is 14.9 Å².